The Bertz CT molecular complexity index is 1570. The van der Waals surface area contributed by atoms with Crippen molar-refractivity contribution in [1.29, 1.82) is 0 Å². The first-order valence-corrected chi connectivity index (χ1v) is 12.7. The van der Waals surface area contributed by atoms with Gasteiger partial charge in [-0.1, -0.05) is 0 Å². The van der Waals surface area contributed by atoms with Crippen molar-refractivity contribution < 1.29 is 13.2 Å². The van der Waals surface area contributed by atoms with Gasteiger partial charge in [-0.05, 0) is 55.6 Å². The molecule has 1 aliphatic rings. The van der Waals surface area contributed by atoms with Gasteiger partial charge in [0.15, 0.2) is 0 Å². The van der Waals surface area contributed by atoms with E-state index in [9.17, 15) is 22.7 Å². The van der Waals surface area contributed by atoms with E-state index in [-0.39, 0.29) is 24.2 Å². The maximum absolute atomic E-state index is 13.8. The molecule has 1 atom stereocenters. The number of nitrogens with zero attached hydrogens (tertiary/aromatic N) is 6. The summed E-state index contributed by atoms with van der Waals surface area (Å²) in [6.45, 7) is 1.29. The number of aromatic nitrogens is 5. The van der Waals surface area contributed by atoms with E-state index < -0.39 is 34.7 Å². The fourth-order valence-corrected chi connectivity index (χ4v) is 5.86. The van der Waals surface area contributed by atoms with Gasteiger partial charge >= 0.3 is 5.69 Å². The quantitative estimate of drug-likeness (QED) is 0.358. The highest BCUT2D eigenvalue weighted by Gasteiger charge is 2.51. The standard InChI is InChI=1S/C22H23FN6O4S2/c1-14-7-17(34-25-14)12-27-19-4-3-16(29(35(32)33)22(13-23)5-6-22)8-18(19)20(30)28(21(27)31)11-15-9-24-26(2)10-15/h3-4,7-10H,5-6,11-13H2,1-2H3,(H,32,33). The fourth-order valence-electron chi connectivity index (χ4n) is 4.28. The minimum absolute atomic E-state index is 0.0114. The summed E-state index contributed by atoms with van der Waals surface area (Å²) in [7, 11) is 1.74. The zero-order chi connectivity index (χ0) is 24.9. The third-order valence-corrected chi connectivity index (χ3v) is 7.97. The Hall–Kier alpha value is -3.16. The van der Waals surface area contributed by atoms with Crippen LogP contribution in [0.3, 0.4) is 0 Å². The summed E-state index contributed by atoms with van der Waals surface area (Å²) < 4.78 is 45.5. The second-order valence-electron chi connectivity index (χ2n) is 8.80. The van der Waals surface area contributed by atoms with E-state index in [2.05, 4.69) is 9.47 Å². The second-order valence-corrected chi connectivity index (χ2v) is 10.5. The molecule has 0 amide bonds. The first-order chi connectivity index (χ1) is 16.7. The number of fused-ring (bicyclic) bond motifs is 1. The van der Waals surface area contributed by atoms with Crippen molar-refractivity contribution in [2.75, 3.05) is 11.0 Å². The molecule has 5 rings (SSSR count). The second kappa shape index (κ2) is 8.81. The lowest BCUT2D eigenvalue weighted by Crippen LogP contribution is -2.42. The van der Waals surface area contributed by atoms with Crippen LogP contribution in [0.25, 0.3) is 10.9 Å². The summed E-state index contributed by atoms with van der Waals surface area (Å²) in [6.07, 6.45) is 4.17. The summed E-state index contributed by atoms with van der Waals surface area (Å²) in [4.78, 5) is 27.9. The van der Waals surface area contributed by atoms with Crippen LogP contribution in [0.4, 0.5) is 10.1 Å². The monoisotopic (exact) mass is 518 g/mol. The first kappa shape index (κ1) is 23.6. The van der Waals surface area contributed by atoms with Gasteiger partial charge in [0.1, 0.15) is 6.67 Å². The summed E-state index contributed by atoms with van der Waals surface area (Å²) in [5, 5.41) is 4.30. The molecule has 10 nitrogen and oxygen atoms in total. The Morgan fingerprint density at radius 3 is 2.57 bits per heavy atom. The van der Waals surface area contributed by atoms with Crippen LogP contribution >= 0.6 is 11.5 Å². The number of rotatable bonds is 8. The number of benzene rings is 1. The van der Waals surface area contributed by atoms with Crippen molar-refractivity contribution in [3.8, 4) is 0 Å². The molecule has 0 aliphatic heterocycles. The van der Waals surface area contributed by atoms with Gasteiger partial charge in [0, 0.05) is 23.7 Å². The third-order valence-electron chi connectivity index (χ3n) is 6.20. The van der Waals surface area contributed by atoms with Crippen LogP contribution in [-0.2, 0) is 31.4 Å². The normalized spacial score (nSPS) is 15.4. The Kier molecular flexibility index (Phi) is 5.93. The maximum atomic E-state index is 13.8. The lowest BCUT2D eigenvalue weighted by molar-refractivity contribution is 0.413. The highest BCUT2D eigenvalue weighted by Crippen LogP contribution is 2.45. The highest BCUT2D eigenvalue weighted by molar-refractivity contribution is 7.80. The van der Waals surface area contributed by atoms with Crippen LogP contribution in [0.5, 0.6) is 0 Å². The van der Waals surface area contributed by atoms with Crippen molar-refractivity contribution in [3.05, 3.63) is 73.6 Å². The Morgan fingerprint density at radius 2 is 2.00 bits per heavy atom. The van der Waals surface area contributed by atoms with Crippen LogP contribution in [0.2, 0.25) is 0 Å². The predicted octanol–water partition coefficient (Wildman–Crippen LogP) is 2.20. The van der Waals surface area contributed by atoms with E-state index in [0.29, 0.717) is 23.9 Å². The van der Waals surface area contributed by atoms with Crippen LogP contribution < -0.4 is 15.6 Å². The molecule has 0 saturated heterocycles. The Balaban J connectivity index is 1.71. The lowest BCUT2D eigenvalue weighted by atomic mass is 10.2. The smallest absolute Gasteiger partial charge is 0.289 e. The van der Waals surface area contributed by atoms with E-state index in [4.69, 9.17) is 0 Å². The van der Waals surface area contributed by atoms with Gasteiger partial charge in [-0.25, -0.2) is 13.4 Å². The molecule has 4 aromatic rings. The molecule has 1 fully saturated rings. The summed E-state index contributed by atoms with van der Waals surface area (Å²) in [6, 6.07) is 6.46. The molecule has 0 spiro atoms. The maximum Gasteiger partial charge on any atom is 0.332 e. The van der Waals surface area contributed by atoms with Gasteiger partial charge < -0.3 is 0 Å². The summed E-state index contributed by atoms with van der Waals surface area (Å²) in [5.74, 6) is 0. The number of hydrogen-bond acceptors (Lipinski definition) is 6. The topological polar surface area (TPSA) is 115 Å². The van der Waals surface area contributed by atoms with Gasteiger partial charge in [0.25, 0.3) is 16.8 Å². The fraction of sp³-hybridized carbons (Fsp3) is 0.364. The molecule has 35 heavy (non-hydrogen) atoms. The molecular formula is C22H23FN6O4S2. The molecule has 13 heteroatoms. The van der Waals surface area contributed by atoms with E-state index in [0.717, 1.165) is 19.4 Å². The molecule has 1 aromatic carbocycles. The van der Waals surface area contributed by atoms with Crippen molar-refractivity contribution in [3.63, 3.8) is 0 Å². The number of alkyl halides is 1. The van der Waals surface area contributed by atoms with Gasteiger partial charge in [-0.2, -0.15) is 9.47 Å². The van der Waals surface area contributed by atoms with E-state index in [1.807, 2.05) is 13.0 Å². The molecule has 0 radical (unpaired) electrons. The average Bonchev–Trinajstić information content (AvgIpc) is 3.31. The van der Waals surface area contributed by atoms with Crippen molar-refractivity contribution in [2.24, 2.45) is 7.05 Å². The van der Waals surface area contributed by atoms with Crippen LogP contribution in [0, 0.1) is 6.92 Å². The Labute approximate surface area is 205 Å². The van der Waals surface area contributed by atoms with Gasteiger partial charge in [-0.15, -0.1) is 0 Å². The SMILES string of the molecule is Cc1cc(Cn2c(=O)n(Cc3cnn(C)c3)c(=O)c3cc(N(S(=O)O)C4(CF)CC4)ccc32)sn1. The van der Waals surface area contributed by atoms with Crippen molar-refractivity contribution >= 4 is 39.4 Å². The van der Waals surface area contributed by atoms with E-state index in [1.165, 1.54) is 22.2 Å². The van der Waals surface area contributed by atoms with Crippen LogP contribution in [-0.4, -0.2) is 44.3 Å². The molecule has 1 saturated carbocycles. The molecule has 1 aliphatic carbocycles. The first-order valence-electron chi connectivity index (χ1n) is 10.9. The average molecular weight is 519 g/mol. The van der Waals surface area contributed by atoms with Crippen LogP contribution in [0.1, 0.15) is 29.0 Å². The Morgan fingerprint density at radius 1 is 1.23 bits per heavy atom. The van der Waals surface area contributed by atoms with Gasteiger partial charge in [-0.3, -0.25) is 27.5 Å². The highest BCUT2D eigenvalue weighted by atomic mass is 32.2. The minimum atomic E-state index is -2.48. The molecule has 184 valence electrons. The van der Waals surface area contributed by atoms with E-state index >= 15 is 0 Å². The largest absolute Gasteiger partial charge is 0.332 e. The van der Waals surface area contributed by atoms with Gasteiger partial charge in [0.05, 0.1) is 47.1 Å². The van der Waals surface area contributed by atoms with Crippen molar-refractivity contribution in [1.82, 2.24) is 23.3 Å². The molecular weight excluding hydrogens is 495 g/mol. The van der Waals surface area contributed by atoms with E-state index in [1.54, 1.807) is 36.3 Å². The van der Waals surface area contributed by atoms with Gasteiger partial charge in [0.2, 0.25) is 0 Å². The molecule has 3 heterocycles. The zero-order valence-corrected chi connectivity index (χ0v) is 20.7. The number of anilines is 1. The summed E-state index contributed by atoms with van der Waals surface area (Å²) >= 11 is -1.21. The van der Waals surface area contributed by atoms with Crippen LogP contribution in [0.15, 0.2) is 46.2 Å². The number of hydrogen-bond donors (Lipinski definition) is 1. The molecule has 1 N–H and O–H groups in total. The zero-order valence-electron chi connectivity index (χ0n) is 19.0. The summed E-state index contributed by atoms with van der Waals surface area (Å²) in [5.41, 5.74) is 0.0429. The number of halogens is 1. The minimum Gasteiger partial charge on any atom is -0.289 e. The predicted molar refractivity (Wildman–Crippen MR) is 132 cm³/mol. The molecule has 1 unspecified atom stereocenters. The molecule has 3 aromatic heterocycles. The molecule has 0 bridgehead atoms. The number of aryl methyl sites for hydroxylation is 2. The van der Waals surface area contributed by atoms with Crippen molar-refractivity contribution in [2.45, 2.75) is 38.4 Å². The lowest BCUT2D eigenvalue weighted by Gasteiger charge is -2.28. The third kappa shape index (κ3) is 4.23.